The van der Waals surface area contributed by atoms with Crippen LogP contribution in [0.4, 0.5) is 0 Å². The molecular formula is C21H22Cl2N5NaO. The third-order valence-corrected chi connectivity index (χ3v) is 5.39. The van der Waals surface area contributed by atoms with Gasteiger partial charge in [0.05, 0.1) is 29.0 Å². The molecule has 6 nitrogen and oxygen atoms in total. The molecule has 0 aliphatic heterocycles. The fourth-order valence-corrected chi connectivity index (χ4v) is 4.05. The summed E-state index contributed by atoms with van der Waals surface area (Å²) in [5, 5.41) is 5.80. The number of ether oxygens (including phenoxy) is 1. The SMILES string of the molecule is COc1nc(-c2ccccc2Cl)cc2[nH]c(-c3c(Cl)c(C(C)(C)C)nn3C)nc12.[H-].[Na+]. The van der Waals surface area contributed by atoms with Crippen LogP contribution in [0.1, 0.15) is 27.9 Å². The van der Waals surface area contributed by atoms with E-state index < -0.39 is 0 Å². The number of benzene rings is 1. The second-order valence-corrected chi connectivity index (χ2v) is 8.65. The molecule has 3 heterocycles. The van der Waals surface area contributed by atoms with E-state index in [-0.39, 0.29) is 36.4 Å². The Balaban J connectivity index is 0.00000171. The molecule has 1 N–H and O–H groups in total. The first-order chi connectivity index (χ1) is 13.7. The summed E-state index contributed by atoms with van der Waals surface area (Å²) in [5.41, 5.74) is 4.26. The number of aryl methyl sites for hydroxylation is 1. The van der Waals surface area contributed by atoms with Gasteiger partial charge in [-0.3, -0.25) is 4.68 Å². The summed E-state index contributed by atoms with van der Waals surface area (Å²) >= 11 is 13.0. The van der Waals surface area contributed by atoms with Gasteiger partial charge in [-0.1, -0.05) is 62.2 Å². The van der Waals surface area contributed by atoms with Gasteiger partial charge in [0.25, 0.3) is 0 Å². The summed E-state index contributed by atoms with van der Waals surface area (Å²) in [6.45, 7) is 6.23. The molecule has 0 aliphatic carbocycles. The van der Waals surface area contributed by atoms with Crippen molar-refractivity contribution < 1.29 is 35.7 Å². The van der Waals surface area contributed by atoms with Crippen LogP contribution in [0.3, 0.4) is 0 Å². The number of aromatic amines is 1. The van der Waals surface area contributed by atoms with Crippen molar-refractivity contribution in [3.8, 4) is 28.7 Å². The minimum absolute atomic E-state index is 0. The van der Waals surface area contributed by atoms with E-state index in [0.717, 1.165) is 16.8 Å². The predicted molar refractivity (Wildman–Crippen MR) is 118 cm³/mol. The Morgan fingerprint density at radius 2 is 1.83 bits per heavy atom. The van der Waals surface area contributed by atoms with Gasteiger partial charge in [0.2, 0.25) is 5.88 Å². The molecule has 0 bridgehead atoms. The number of methoxy groups -OCH3 is 1. The normalized spacial score (nSPS) is 11.6. The first-order valence-electron chi connectivity index (χ1n) is 9.13. The summed E-state index contributed by atoms with van der Waals surface area (Å²) in [6.07, 6.45) is 0. The zero-order valence-electron chi connectivity index (χ0n) is 18.8. The summed E-state index contributed by atoms with van der Waals surface area (Å²) in [6, 6.07) is 9.46. The monoisotopic (exact) mass is 453 g/mol. The Labute approximate surface area is 208 Å². The van der Waals surface area contributed by atoms with Crippen molar-refractivity contribution in [3.63, 3.8) is 0 Å². The number of pyridine rings is 1. The van der Waals surface area contributed by atoms with Gasteiger partial charge in [-0.05, 0) is 12.1 Å². The van der Waals surface area contributed by atoms with Crippen LogP contribution in [0.5, 0.6) is 5.88 Å². The summed E-state index contributed by atoms with van der Waals surface area (Å²) in [4.78, 5) is 12.7. The van der Waals surface area contributed by atoms with Crippen LogP contribution in [0, 0.1) is 0 Å². The third kappa shape index (κ3) is 3.99. The van der Waals surface area contributed by atoms with Gasteiger partial charge in [-0.15, -0.1) is 0 Å². The molecule has 0 amide bonds. The van der Waals surface area contributed by atoms with Crippen molar-refractivity contribution in [1.82, 2.24) is 24.7 Å². The smallest absolute Gasteiger partial charge is 1.00 e. The molecule has 0 radical (unpaired) electrons. The molecule has 0 atom stereocenters. The van der Waals surface area contributed by atoms with Crippen LogP contribution in [-0.4, -0.2) is 31.8 Å². The molecule has 0 unspecified atom stereocenters. The molecule has 30 heavy (non-hydrogen) atoms. The number of nitrogens with one attached hydrogen (secondary N) is 1. The maximum Gasteiger partial charge on any atom is 1.00 e. The van der Waals surface area contributed by atoms with Crippen molar-refractivity contribution in [2.24, 2.45) is 7.05 Å². The van der Waals surface area contributed by atoms with Gasteiger partial charge < -0.3 is 11.1 Å². The number of fused-ring (bicyclic) bond motifs is 1. The summed E-state index contributed by atoms with van der Waals surface area (Å²) in [5.74, 6) is 1.01. The van der Waals surface area contributed by atoms with E-state index in [4.69, 9.17) is 32.9 Å². The van der Waals surface area contributed by atoms with Gasteiger partial charge in [0, 0.05) is 23.0 Å². The maximum atomic E-state index is 6.69. The quantitative estimate of drug-likeness (QED) is 0.484. The molecular weight excluding hydrogens is 432 g/mol. The molecule has 9 heteroatoms. The largest absolute Gasteiger partial charge is 1.00 e. The van der Waals surface area contributed by atoms with Crippen molar-refractivity contribution in [2.45, 2.75) is 26.2 Å². The van der Waals surface area contributed by atoms with Crippen LogP contribution in [0.15, 0.2) is 30.3 Å². The number of hydrogen-bond donors (Lipinski definition) is 1. The first kappa shape index (κ1) is 23.1. The van der Waals surface area contributed by atoms with Gasteiger partial charge in [-0.2, -0.15) is 5.10 Å². The van der Waals surface area contributed by atoms with E-state index in [9.17, 15) is 0 Å². The van der Waals surface area contributed by atoms with Gasteiger partial charge in [0.1, 0.15) is 5.69 Å². The molecule has 0 fully saturated rings. The number of halogens is 2. The molecule has 4 aromatic rings. The third-order valence-electron chi connectivity index (χ3n) is 4.70. The zero-order chi connectivity index (χ0) is 20.9. The second kappa shape index (κ2) is 8.52. The molecule has 3 aromatic heterocycles. The van der Waals surface area contributed by atoms with Gasteiger partial charge >= 0.3 is 29.6 Å². The Hall–Kier alpha value is -1.57. The summed E-state index contributed by atoms with van der Waals surface area (Å²) in [7, 11) is 3.43. The van der Waals surface area contributed by atoms with E-state index in [0.29, 0.717) is 38.7 Å². The number of hydrogen-bond acceptors (Lipinski definition) is 4. The minimum atomic E-state index is -0.185. The van der Waals surface area contributed by atoms with Gasteiger partial charge in [0.15, 0.2) is 11.3 Å². The van der Waals surface area contributed by atoms with Crippen molar-refractivity contribution in [2.75, 3.05) is 7.11 Å². The molecule has 4 rings (SSSR count). The molecule has 152 valence electrons. The van der Waals surface area contributed by atoms with Gasteiger partial charge in [-0.25, -0.2) is 9.97 Å². The van der Waals surface area contributed by atoms with E-state index in [2.05, 4.69) is 35.8 Å². The number of imidazole rings is 1. The van der Waals surface area contributed by atoms with E-state index in [1.807, 2.05) is 37.4 Å². The van der Waals surface area contributed by atoms with Crippen LogP contribution in [0.2, 0.25) is 10.0 Å². The maximum absolute atomic E-state index is 6.69. The van der Waals surface area contributed by atoms with Crippen LogP contribution < -0.4 is 34.3 Å². The zero-order valence-corrected chi connectivity index (χ0v) is 21.4. The van der Waals surface area contributed by atoms with Crippen LogP contribution in [-0.2, 0) is 12.5 Å². The van der Waals surface area contributed by atoms with Crippen LogP contribution >= 0.6 is 23.2 Å². The predicted octanol–water partition coefficient (Wildman–Crippen LogP) is 2.75. The first-order valence-corrected chi connectivity index (χ1v) is 9.89. The topological polar surface area (TPSA) is 68.6 Å². The number of aromatic nitrogens is 5. The van der Waals surface area contributed by atoms with E-state index >= 15 is 0 Å². The number of rotatable bonds is 3. The van der Waals surface area contributed by atoms with E-state index in [1.165, 1.54) is 0 Å². The molecule has 0 aliphatic rings. The fraction of sp³-hybridized carbons (Fsp3) is 0.286. The standard InChI is InChI=1S/C21H21Cl2N5O.Na.H/c1-21(2,3)18-15(23)17(28(4)27-18)19-24-14-10-13(11-8-6-7-9-12(11)22)25-20(29-5)16(14)26-19;;/h6-10H,1-5H3,(H,24,26);;/q;+1;-1. The Kier molecular flexibility index (Phi) is 6.56. The Morgan fingerprint density at radius 3 is 2.43 bits per heavy atom. The number of H-pyrrole nitrogens is 1. The van der Waals surface area contributed by atoms with E-state index in [1.54, 1.807) is 11.8 Å². The Bertz CT molecular complexity index is 1230. The minimum Gasteiger partial charge on any atom is -1.00 e. The fourth-order valence-electron chi connectivity index (χ4n) is 3.28. The average Bonchev–Trinajstić information content (AvgIpc) is 3.21. The van der Waals surface area contributed by atoms with Crippen molar-refractivity contribution in [3.05, 3.63) is 46.1 Å². The molecule has 0 saturated heterocycles. The molecule has 1 aromatic carbocycles. The van der Waals surface area contributed by atoms with Crippen molar-refractivity contribution in [1.29, 1.82) is 0 Å². The molecule has 0 saturated carbocycles. The van der Waals surface area contributed by atoms with Crippen molar-refractivity contribution >= 4 is 34.2 Å². The Morgan fingerprint density at radius 1 is 1.13 bits per heavy atom. The second-order valence-electron chi connectivity index (χ2n) is 7.86. The van der Waals surface area contributed by atoms with Crippen LogP contribution in [0.25, 0.3) is 33.8 Å². The number of nitrogens with zero attached hydrogens (tertiary/aromatic N) is 4. The average molecular weight is 454 g/mol. The molecule has 0 spiro atoms. The summed E-state index contributed by atoms with van der Waals surface area (Å²) < 4.78 is 7.25.